The summed E-state index contributed by atoms with van der Waals surface area (Å²) < 4.78 is 2.02. The molecule has 1 amide bonds. The van der Waals surface area contributed by atoms with Gasteiger partial charge >= 0.3 is 0 Å². The van der Waals surface area contributed by atoms with E-state index < -0.39 is 0 Å². The standard InChI is InChI=1S/C22H30N4O.ClH/c1-3-4-17-5-7-18(8-6-17)21(27)26(16-20-24-13-14-25(20)2)19-15-22(19)9-11-23-12-10-22;/h5-8,13-14,19,23H,3-4,9-12,15-16H2,1-2H3;1H. The van der Waals surface area contributed by atoms with Crippen LogP contribution >= 0.6 is 12.4 Å². The number of piperidine rings is 1. The van der Waals surface area contributed by atoms with Crippen molar-refractivity contribution >= 4 is 18.3 Å². The highest BCUT2D eigenvalue weighted by Gasteiger charge is 2.57. The Labute approximate surface area is 173 Å². The number of rotatable bonds is 6. The van der Waals surface area contributed by atoms with E-state index >= 15 is 0 Å². The van der Waals surface area contributed by atoms with Crippen molar-refractivity contribution in [3.8, 4) is 0 Å². The lowest BCUT2D eigenvalue weighted by Gasteiger charge is -2.29. The Morgan fingerprint density at radius 2 is 2.00 bits per heavy atom. The molecule has 2 aromatic rings. The summed E-state index contributed by atoms with van der Waals surface area (Å²) in [7, 11) is 2.00. The fourth-order valence-corrected chi connectivity index (χ4v) is 4.52. The number of aryl methyl sites for hydroxylation is 2. The van der Waals surface area contributed by atoms with E-state index in [1.54, 1.807) is 0 Å². The Morgan fingerprint density at radius 3 is 2.61 bits per heavy atom. The van der Waals surface area contributed by atoms with E-state index in [1.807, 2.05) is 36.1 Å². The average molecular weight is 403 g/mol. The smallest absolute Gasteiger partial charge is 0.254 e. The van der Waals surface area contributed by atoms with Crippen molar-refractivity contribution in [1.29, 1.82) is 0 Å². The number of halogens is 1. The van der Waals surface area contributed by atoms with Gasteiger partial charge in [-0.2, -0.15) is 0 Å². The summed E-state index contributed by atoms with van der Waals surface area (Å²) in [6, 6.07) is 8.53. The van der Waals surface area contributed by atoms with Gasteiger partial charge in [0.25, 0.3) is 5.91 Å². The lowest BCUT2D eigenvalue weighted by Crippen LogP contribution is -2.39. The number of carbonyl (C=O) groups excluding carboxylic acids is 1. The molecule has 1 unspecified atom stereocenters. The zero-order valence-corrected chi connectivity index (χ0v) is 17.7. The van der Waals surface area contributed by atoms with Crippen LogP contribution in [0.15, 0.2) is 36.7 Å². The van der Waals surface area contributed by atoms with Crippen LogP contribution in [0.2, 0.25) is 0 Å². The number of nitrogens with one attached hydrogen (secondary N) is 1. The Kier molecular flexibility index (Phi) is 6.46. The second-order valence-electron chi connectivity index (χ2n) is 8.17. The van der Waals surface area contributed by atoms with E-state index in [0.29, 0.717) is 18.0 Å². The van der Waals surface area contributed by atoms with Gasteiger partial charge in [0.1, 0.15) is 5.82 Å². The van der Waals surface area contributed by atoms with Crippen LogP contribution in [0, 0.1) is 5.41 Å². The molecule has 4 rings (SSSR count). The summed E-state index contributed by atoms with van der Waals surface area (Å²) in [6.07, 6.45) is 9.39. The highest BCUT2D eigenvalue weighted by molar-refractivity contribution is 5.94. The summed E-state index contributed by atoms with van der Waals surface area (Å²) in [4.78, 5) is 20.0. The summed E-state index contributed by atoms with van der Waals surface area (Å²) in [5.41, 5.74) is 2.40. The molecule has 2 heterocycles. The molecule has 0 radical (unpaired) electrons. The van der Waals surface area contributed by atoms with Gasteiger partial charge < -0.3 is 14.8 Å². The van der Waals surface area contributed by atoms with Crippen molar-refractivity contribution in [2.24, 2.45) is 12.5 Å². The zero-order chi connectivity index (χ0) is 18.9. The van der Waals surface area contributed by atoms with E-state index in [1.165, 1.54) is 5.56 Å². The molecule has 2 aliphatic rings. The van der Waals surface area contributed by atoms with Gasteiger partial charge in [-0.1, -0.05) is 25.5 Å². The molecule has 5 nitrogen and oxygen atoms in total. The Hall–Kier alpha value is -1.85. The molecule has 28 heavy (non-hydrogen) atoms. The molecule has 1 aromatic heterocycles. The van der Waals surface area contributed by atoms with Crippen LogP contribution < -0.4 is 5.32 Å². The second-order valence-corrected chi connectivity index (χ2v) is 8.17. The zero-order valence-electron chi connectivity index (χ0n) is 16.9. The molecule has 1 atom stereocenters. The summed E-state index contributed by atoms with van der Waals surface area (Å²) in [5.74, 6) is 1.09. The molecule has 1 saturated heterocycles. The summed E-state index contributed by atoms with van der Waals surface area (Å²) in [6.45, 7) is 4.89. The maximum Gasteiger partial charge on any atom is 0.254 e. The Balaban J connectivity index is 0.00000225. The van der Waals surface area contributed by atoms with Gasteiger partial charge in [0, 0.05) is 31.0 Å². The molecule has 1 saturated carbocycles. The minimum Gasteiger partial charge on any atom is -0.337 e. The van der Waals surface area contributed by atoms with E-state index in [2.05, 4.69) is 34.3 Å². The van der Waals surface area contributed by atoms with E-state index in [0.717, 1.165) is 56.6 Å². The number of hydrogen-bond donors (Lipinski definition) is 1. The first kappa shape index (κ1) is 20.9. The molecule has 2 fully saturated rings. The first-order chi connectivity index (χ1) is 13.1. The SMILES string of the molecule is CCCc1ccc(C(=O)N(Cc2nccn2C)C2CC23CCNCC3)cc1.Cl. The van der Waals surface area contributed by atoms with Gasteiger partial charge in [-0.15, -0.1) is 12.4 Å². The van der Waals surface area contributed by atoms with Gasteiger partial charge in [-0.3, -0.25) is 4.79 Å². The first-order valence-corrected chi connectivity index (χ1v) is 10.2. The third-order valence-electron chi connectivity index (χ3n) is 6.36. The number of hydrogen-bond acceptors (Lipinski definition) is 3. The van der Waals surface area contributed by atoms with Crippen molar-refractivity contribution in [3.63, 3.8) is 0 Å². The number of carbonyl (C=O) groups is 1. The lowest BCUT2D eigenvalue weighted by molar-refractivity contribution is 0.0685. The second kappa shape index (κ2) is 8.66. The monoisotopic (exact) mass is 402 g/mol. The predicted molar refractivity (Wildman–Crippen MR) is 114 cm³/mol. The molecule has 1 aromatic carbocycles. The number of benzene rings is 1. The molecular weight excluding hydrogens is 372 g/mol. The van der Waals surface area contributed by atoms with Crippen LogP contribution in [0.5, 0.6) is 0 Å². The van der Waals surface area contributed by atoms with E-state index in [4.69, 9.17) is 0 Å². The van der Waals surface area contributed by atoms with Crippen LogP contribution in [0.1, 0.15) is 54.4 Å². The van der Waals surface area contributed by atoms with Crippen LogP contribution in [-0.4, -0.2) is 39.5 Å². The van der Waals surface area contributed by atoms with Gasteiger partial charge in [-0.25, -0.2) is 4.98 Å². The molecule has 0 bridgehead atoms. The maximum atomic E-state index is 13.4. The number of imidazole rings is 1. The first-order valence-electron chi connectivity index (χ1n) is 10.2. The number of nitrogens with zero attached hydrogens (tertiary/aromatic N) is 3. The molecule has 6 heteroatoms. The number of amides is 1. The maximum absolute atomic E-state index is 13.4. The highest BCUT2D eigenvalue weighted by atomic mass is 35.5. The molecule has 1 aliphatic heterocycles. The number of aromatic nitrogens is 2. The lowest BCUT2D eigenvalue weighted by atomic mass is 9.93. The van der Waals surface area contributed by atoms with Crippen molar-refractivity contribution in [2.45, 2.75) is 51.6 Å². The summed E-state index contributed by atoms with van der Waals surface area (Å²) in [5, 5.41) is 3.45. The topological polar surface area (TPSA) is 50.2 Å². The van der Waals surface area contributed by atoms with Crippen LogP contribution in [0.3, 0.4) is 0 Å². The van der Waals surface area contributed by atoms with Gasteiger partial charge in [-0.05, 0) is 61.9 Å². The van der Waals surface area contributed by atoms with Gasteiger partial charge in [0.15, 0.2) is 0 Å². The van der Waals surface area contributed by atoms with Crippen LogP contribution in [0.4, 0.5) is 0 Å². The molecular formula is C22H31ClN4O. The average Bonchev–Trinajstić information content (AvgIpc) is 3.20. The van der Waals surface area contributed by atoms with Crippen LogP contribution in [0.25, 0.3) is 0 Å². The third-order valence-corrected chi connectivity index (χ3v) is 6.36. The van der Waals surface area contributed by atoms with E-state index in [-0.39, 0.29) is 18.3 Å². The van der Waals surface area contributed by atoms with Crippen molar-refractivity contribution in [3.05, 3.63) is 53.6 Å². The normalized spacial score (nSPS) is 19.9. The summed E-state index contributed by atoms with van der Waals surface area (Å²) >= 11 is 0. The molecule has 1 N–H and O–H groups in total. The highest BCUT2D eigenvalue weighted by Crippen LogP contribution is 2.56. The quantitative estimate of drug-likeness (QED) is 0.803. The molecule has 152 valence electrons. The predicted octanol–water partition coefficient (Wildman–Crippen LogP) is 3.58. The molecule has 1 spiro atoms. The minimum atomic E-state index is 0. The van der Waals surface area contributed by atoms with Gasteiger partial charge in [0.2, 0.25) is 0 Å². The van der Waals surface area contributed by atoms with Crippen LogP contribution in [-0.2, 0) is 20.0 Å². The third kappa shape index (κ3) is 4.11. The molecule has 1 aliphatic carbocycles. The largest absolute Gasteiger partial charge is 0.337 e. The van der Waals surface area contributed by atoms with Gasteiger partial charge in [0.05, 0.1) is 6.54 Å². The fourth-order valence-electron chi connectivity index (χ4n) is 4.52. The van der Waals surface area contributed by atoms with E-state index in [9.17, 15) is 4.79 Å². The van der Waals surface area contributed by atoms with Crippen molar-refractivity contribution < 1.29 is 4.79 Å². The Morgan fingerprint density at radius 1 is 1.29 bits per heavy atom. The van der Waals surface area contributed by atoms with Crippen molar-refractivity contribution in [2.75, 3.05) is 13.1 Å². The fraction of sp³-hybridized carbons (Fsp3) is 0.545. The minimum absolute atomic E-state index is 0. The Bertz CT molecular complexity index is 795. The van der Waals surface area contributed by atoms with Crippen molar-refractivity contribution in [1.82, 2.24) is 19.8 Å².